The molecule has 0 unspecified atom stereocenters. The van der Waals surface area contributed by atoms with E-state index < -0.39 is 0 Å². The number of nitrogens with one attached hydrogen (secondary N) is 2. The van der Waals surface area contributed by atoms with Crippen molar-refractivity contribution in [2.75, 3.05) is 13.1 Å². The molecular weight excluding hydrogens is 237 g/mol. The Bertz CT molecular complexity index is 369. The summed E-state index contributed by atoms with van der Waals surface area (Å²) < 4.78 is 0. The second kappa shape index (κ2) is 6.61. The molecule has 1 aliphatic heterocycles. The third-order valence-electron chi connectivity index (χ3n) is 2.11. The van der Waals surface area contributed by atoms with Crippen LogP contribution >= 0.6 is 24.8 Å². The molecule has 0 saturated heterocycles. The SMILES string of the molecule is Cl.Cl.O=c1ncc(C2=CCNCC2)c[nH]1. The first kappa shape index (κ1) is 14.2. The number of H-pyrrole nitrogens is 1. The summed E-state index contributed by atoms with van der Waals surface area (Å²) in [5.74, 6) is 0. The van der Waals surface area contributed by atoms with E-state index in [-0.39, 0.29) is 30.5 Å². The number of halogens is 2. The monoisotopic (exact) mass is 249 g/mol. The van der Waals surface area contributed by atoms with Crippen molar-refractivity contribution in [1.29, 1.82) is 0 Å². The highest BCUT2D eigenvalue weighted by atomic mass is 35.5. The largest absolute Gasteiger partial charge is 0.344 e. The van der Waals surface area contributed by atoms with Crippen molar-refractivity contribution in [2.45, 2.75) is 6.42 Å². The van der Waals surface area contributed by atoms with Gasteiger partial charge in [0.15, 0.2) is 0 Å². The number of nitrogens with zero attached hydrogens (tertiary/aromatic N) is 1. The summed E-state index contributed by atoms with van der Waals surface area (Å²) in [5.41, 5.74) is 1.97. The number of aromatic amines is 1. The highest BCUT2D eigenvalue weighted by Gasteiger charge is 2.05. The first-order chi connectivity index (χ1) is 6.36. The van der Waals surface area contributed by atoms with Gasteiger partial charge in [-0.25, -0.2) is 9.78 Å². The van der Waals surface area contributed by atoms with Gasteiger partial charge in [0.2, 0.25) is 0 Å². The predicted molar refractivity (Wildman–Crippen MR) is 64.8 cm³/mol. The van der Waals surface area contributed by atoms with E-state index in [1.54, 1.807) is 12.4 Å². The van der Waals surface area contributed by atoms with E-state index in [9.17, 15) is 4.79 Å². The van der Waals surface area contributed by atoms with Crippen molar-refractivity contribution in [3.8, 4) is 0 Å². The lowest BCUT2D eigenvalue weighted by molar-refractivity contribution is 0.738. The van der Waals surface area contributed by atoms with Crippen LogP contribution in [0.3, 0.4) is 0 Å². The third-order valence-corrected chi connectivity index (χ3v) is 2.11. The average Bonchev–Trinajstić information content (AvgIpc) is 2.20. The molecule has 0 aliphatic carbocycles. The number of hydrogen-bond donors (Lipinski definition) is 2. The fourth-order valence-corrected chi connectivity index (χ4v) is 1.40. The van der Waals surface area contributed by atoms with Gasteiger partial charge in [-0.05, 0) is 18.5 Å². The average molecular weight is 250 g/mol. The number of aromatic nitrogens is 2. The maximum atomic E-state index is 10.7. The van der Waals surface area contributed by atoms with Crippen molar-refractivity contribution < 1.29 is 0 Å². The van der Waals surface area contributed by atoms with Gasteiger partial charge >= 0.3 is 5.69 Å². The Morgan fingerprint density at radius 2 is 2.13 bits per heavy atom. The van der Waals surface area contributed by atoms with Crippen molar-refractivity contribution in [3.63, 3.8) is 0 Å². The summed E-state index contributed by atoms with van der Waals surface area (Å²) in [6.45, 7) is 1.89. The lowest BCUT2D eigenvalue weighted by Gasteiger charge is -2.12. The summed E-state index contributed by atoms with van der Waals surface area (Å²) in [6.07, 6.45) is 6.45. The molecule has 0 bridgehead atoms. The van der Waals surface area contributed by atoms with Gasteiger partial charge in [0.25, 0.3) is 0 Å². The minimum Gasteiger partial charge on any atom is -0.313 e. The predicted octanol–water partition coefficient (Wildman–Crippen LogP) is 0.990. The molecule has 0 amide bonds. The Morgan fingerprint density at radius 3 is 2.67 bits per heavy atom. The van der Waals surface area contributed by atoms with Gasteiger partial charge in [-0.1, -0.05) is 6.08 Å². The molecule has 1 aromatic rings. The molecule has 0 spiro atoms. The number of rotatable bonds is 1. The molecular formula is C9H13Cl2N3O. The Labute approximate surface area is 100 Å². The van der Waals surface area contributed by atoms with Gasteiger partial charge in [-0.3, -0.25) is 0 Å². The van der Waals surface area contributed by atoms with Crippen LogP contribution in [0.4, 0.5) is 0 Å². The van der Waals surface area contributed by atoms with E-state index >= 15 is 0 Å². The highest BCUT2D eigenvalue weighted by Crippen LogP contribution is 2.16. The fraction of sp³-hybridized carbons (Fsp3) is 0.333. The Kier molecular flexibility index (Phi) is 6.24. The Morgan fingerprint density at radius 1 is 1.33 bits per heavy atom. The van der Waals surface area contributed by atoms with Crippen LogP contribution < -0.4 is 11.0 Å². The molecule has 6 heteroatoms. The van der Waals surface area contributed by atoms with Gasteiger partial charge in [-0.2, -0.15) is 0 Å². The van der Waals surface area contributed by atoms with Crippen LogP contribution in [-0.2, 0) is 0 Å². The second-order valence-corrected chi connectivity index (χ2v) is 2.99. The Balaban J connectivity index is 0.000000980. The standard InChI is InChI=1S/C9H11N3O.2ClH/c13-9-11-5-8(6-12-9)7-1-3-10-4-2-7;;/h1,5-6,10H,2-4H2,(H,11,12,13);2*1H. The third kappa shape index (κ3) is 3.66. The minimum absolute atomic E-state index is 0. The summed E-state index contributed by atoms with van der Waals surface area (Å²) in [5, 5.41) is 3.23. The van der Waals surface area contributed by atoms with E-state index in [0.29, 0.717) is 0 Å². The van der Waals surface area contributed by atoms with Crippen molar-refractivity contribution in [3.05, 3.63) is 34.5 Å². The lowest BCUT2D eigenvalue weighted by Crippen LogP contribution is -2.20. The maximum Gasteiger partial charge on any atom is 0.344 e. The smallest absolute Gasteiger partial charge is 0.313 e. The molecule has 84 valence electrons. The molecule has 0 radical (unpaired) electrons. The number of hydrogen-bond acceptors (Lipinski definition) is 3. The molecule has 0 aromatic carbocycles. The van der Waals surface area contributed by atoms with Crippen LogP contribution in [-0.4, -0.2) is 23.1 Å². The van der Waals surface area contributed by atoms with Gasteiger partial charge in [0.1, 0.15) is 0 Å². The summed E-state index contributed by atoms with van der Waals surface area (Å²) in [4.78, 5) is 17.0. The molecule has 2 heterocycles. The van der Waals surface area contributed by atoms with Crippen molar-refractivity contribution >= 4 is 30.4 Å². The molecule has 2 N–H and O–H groups in total. The van der Waals surface area contributed by atoms with E-state index in [2.05, 4.69) is 21.4 Å². The summed E-state index contributed by atoms with van der Waals surface area (Å²) in [6, 6.07) is 0. The van der Waals surface area contributed by atoms with Crippen LogP contribution in [0.1, 0.15) is 12.0 Å². The first-order valence-electron chi connectivity index (χ1n) is 4.31. The van der Waals surface area contributed by atoms with Gasteiger partial charge in [0.05, 0.1) is 0 Å². The van der Waals surface area contributed by atoms with E-state index in [1.165, 1.54) is 5.57 Å². The molecule has 0 atom stereocenters. The molecule has 2 rings (SSSR count). The zero-order chi connectivity index (χ0) is 9.10. The molecule has 1 aliphatic rings. The second-order valence-electron chi connectivity index (χ2n) is 2.99. The minimum atomic E-state index is -0.293. The van der Waals surface area contributed by atoms with E-state index in [0.717, 1.165) is 25.1 Å². The molecule has 1 aromatic heterocycles. The lowest BCUT2D eigenvalue weighted by atomic mass is 10.0. The fourth-order valence-electron chi connectivity index (χ4n) is 1.40. The van der Waals surface area contributed by atoms with E-state index in [1.807, 2.05) is 0 Å². The van der Waals surface area contributed by atoms with Gasteiger partial charge in [-0.15, -0.1) is 24.8 Å². The van der Waals surface area contributed by atoms with Crippen LogP contribution in [0, 0.1) is 0 Å². The van der Waals surface area contributed by atoms with E-state index in [4.69, 9.17) is 0 Å². The first-order valence-corrected chi connectivity index (χ1v) is 4.31. The quantitative estimate of drug-likeness (QED) is 0.781. The van der Waals surface area contributed by atoms with Gasteiger partial charge in [0, 0.05) is 24.5 Å². The zero-order valence-corrected chi connectivity index (χ0v) is 9.66. The Hall–Kier alpha value is -0.840. The van der Waals surface area contributed by atoms with Gasteiger partial charge < -0.3 is 10.3 Å². The van der Waals surface area contributed by atoms with Crippen LogP contribution in [0.2, 0.25) is 0 Å². The van der Waals surface area contributed by atoms with Crippen molar-refractivity contribution in [1.82, 2.24) is 15.3 Å². The maximum absolute atomic E-state index is 10.7. The molecule has 15 heavy (non-hydrogen) atoms. The molecule has 4 nitrogen and oxygen atoms in total. The molecule has 0 saturated carbocycles. The van der Waals surface area contributed by atoms with Crippen LogP contribution in [0.25, 0.3) is 5.57 Å². The van der Waals surface area contributed by atoms with Crippen molar-refractivity contribution in [2.24, 2.45) is 0 Å². The molecule has 0 fully saturated rings. The highest BCUT2D eigenvalue weighted by molar-refractivity contribution is 5.85. The van der Waals surface area contributed by atoms with Crippen LogP contribution in [0.5, 0.6) is 0 Å². The zero-order valence-electron chi connectivity index (χ0n) is 8.03. The summed E-state index contributed by atoms with van der Waals surface area (Å²) in [7, 11) is 0. The normalized spacial score (nSPS) is 14.5. The topological polar surface area (TPSA) is 57.8 Å². The van der Waals surface area contributed by atoms with Crippen LogP contribution in [0.15, 0.2) is 23.3 Å². The summed E-state index contributed by atoms with van der Waals surface area (Å²) >= 11 is 0.